The Morgan fingerprint density at radius 3 is 2.27 bits per heavy atom. The third-order valence-corrected chi connectivity index (χ3v) is 5.68. The average molecular weight is 357 g/mol. The second-order valence-electron chi connectivity index (χ2n) is 7.41. The van der Waals surface area contributed by atoms with Crippen molar-refractivity contribution >= 4 is 23.2 Å². The quantitative estimate of drug-likeness (QED) is 0.829. The molecular weight excluding hydrogens is 330 g/mol. The molecule has 0 N–H and O–H groups in total. The summed E-state index contributed by atoms with van der Waals surface area (Å²) in [6, 6.07) is 8.24. The first-order valence-electron chi connectivity index (χ1n) is 9.74. The minimum atomic E-state index is -0.234. The van der Waals surface area contributed by atoms with Crippen molar-refractivity contribution in [2.45, 2.75) is 25.7 Å². The minimum Gasteiger partial charge on any atom is -0.378 e. The van der Waals surface area contributed by atoms with Crippen LogP contribution in [0.4, 0.5) is 11.4 Å². The number of morpholine rings is 1. The van der Waals surface area contributed by atoms with Crippen LogP contribution in [0.2, 0.25) is 0 Å². The molecule has 0 bridgehead atoms. The monoisotopic (exact) mass is 357 g/mol. The highest BCUT2D eigenvalue weighted by Crippen LogP contribution is 2.29. The van der Waals surface area contributed by atoms with Crippen molar-refractivity contribution in [3.63, 3.8) is 0 Å². The Hall–Kier alpha value is -2.08. The summed E-state index contributed by atoms with van der Waals surface area (Å²) in [6.45, 7) is 5.15. The molecular formula is C20H27N3O3. The number of hydrogen-bond acceptors (Lipinski definition) is 4. The van der Waals surface area contributed by atoms with E-state index >= 15 is 0 Å². The highest BCUT2D eigenvalue weighted by molar-refractivity contribution is 6.00. The number of ether oxygens (including phenoxy) is 1. The number of rotatable bonds is 3. The first-order chi connectivity index (χ1) is 12.7. The molecule has 3 fully saturated rings. The molecule has 6 nitrogen and oxygen atoms in total. The van der Waals surface area contributed by atoms with Crippen molar-refractivity contribution in [2.24, 2.45) is 5.92 Å². The van der Waals surface area contributed by atoms with E-state index in [9.17, 15) is 9.59 Å². The van der Waals surface area contributed by atoms with Gasteiger partial charge in [-0.25, -0.2) is 0 Å². The van der Waals surface area contributed by atoms with Crippen LogP contribution in [-0.4, -0.2) is 62.7 Å². The van der Waals surface area contributed by atoms with E-state index in [4.69, 9.17) is 4.74 Å². The number of amides is 2. The predicted molar refractivity (Wildman–Crippen MR) is 100 cm³/mol. The third kappa shape index (κ3) is 3.56. The molecule has 0 radical (unpaired) electrons. The van der Waals surface area contributed by atoms with Gasteiger partial charge in [0.15, 0.2) is 0 Å². The first-order valence-corrected chi connectivity index (χ1v) is 9.74. The Kier molecular flexibility index (Phi) is 5.11. The summed E-state index contributed by atoms with van der Waals surface area (Å²) in [5.41, 5.74) is 2.12. The molecule has 3 aliphatic rings. The Morgan fingerprint density at radius 2 is 1.58 bits per heavy atom. The summed E-state index contributed by atoms with van der Waals surface area (Å²) in [5.74, 6) is -0.0983. The van der Waals surface area contributed by atoms with Gasteiger partial charge in [-0.05, 0) is 43.5 Å². The van der Waals surface area contributed by atoms with E-state index in [2.05, 4.69) is 17.0 Å². The van der Waals surface area contributed by atoms with Gasteiger partial charge in [-0.3, -0.25) is 9.59 Å². The second kappa shape index (κ2) is 7.66. The zero-order valence-electron chi connectivity index (χ0n) is 15.2. The van der Waals surface area contributed by atoms with E-state index in [0.717, 1.165) is 18.8 Å². The van der Waals surface area contributed by atoms with Gasteiger partial charge in [0.2, 0.25) is 11.8 Å². The molecule has 1 aromatic rings. The van der Waals surface area contributed by atoms with E-state index in [1.807, 2.05) is 17.0 Å². The lowest BCUT2D eigenvalue weighted by atomic mass is 10.1. The SMILES string of the molecule is O=C(C1CC(=O)N(c2ccc(N3CCCCC3)cc2)C1)N1CCOCC1. The molecule has 6 heteroatoms. The molecule has 3 heterocycles. The number of hydrogen-bond donors (Lipinski definition) is 0. The maximum Gasteiger partial charge on any atom is 0.228 e. The van der Waals surface area contributed by atoms with Crippen LogP contribution < -0.4 is 9.80 Å². The Labute approximate surface area is 154 Å². The van der Waals surface area contributed by atoms with E-state index in [1.165, 1.54) is 24.9 Å². The van der Waals surface area contributed by atoms with Gasteiger partial charge in [0.25, 0.3) is 0 Å². The highest BCUT2D eigenvalue weighted by Gasteiger charge is 2.37. The van der Waals surface area contributed by atoms with Gasteiger partial charge in [0.1, 0.15) is 0 Å². The molecule has 2 amide bonds. The molecule has 1 atom stereocenters. The molecule has 140 valence electrons. The lowest BCUT2D eigenvalue weighted by molar-refractivity contribution is -0.139. The minimum absolute atomic E-state index is 0.0438. The van der Waals surface area contributed by atoms with Crippen LogP contribution in [0.25, 0.3) is 0 Å². The van der Waals surface area contributed by atoms with Crippen molar-refractivity contribution in [1.29, 1.82) is 0 Å². The number of anilines is 2. The fourth-order valence-electron chi connectivity index (χ4n) is 4.16. The number of benzene rings is 1. The van der Waals surface area contributed by atoms with Crippen LogP contribution in [0.1, 0.15) is 25.7 Å². The molecule has 1 unspecified atom stereocenters. The average Bonchev–Trinajstić information content (AvgIpc) is 3.10. The Morgan fingerprint density at radius 1 is 0.923 bits per heavy atom. The maximum absolute atomic E-state index is 12.7. The van der Waals surface area contributed by atoms with Crippen molar-refractivity contribution < 1.29 is 14.3 Å². The van der Waals surface area contributed by atoms with Crippen LogP contribution in [0.5, 0.6) is 0 Å². The fraction of sp³-hybridized carbons (Fsp3) is 0.600. The third-order valence-electron chi connectivity index (χ3n) is 5.68. The van der Waals surface area contributed by atoms with Gasteiger partial charge < -0.3 is 19.4 Å². The number of nitrogens with zero attached hydrogens (tertiary/aromatic N) is 3. The smallest absolute Gasteiger partial charge is 0.228 e. The summed E-state index contributed by atoms with van der Waals surface area (Å²) in [6.07, 6.45) is 4.12. The van der Waals surface area contributed by atoms with E-state index in [0.29, 0.717) is 39.3 Å². The Bertz CT molecular complexity index is 649. The lowest BCUT2D eigenvalue weighted by Gasteiger charge is -2.29. The predicted octanol–water partition coefficient (Wildman–Crippen LogP) is 1.89. The number of carbonyl (C=O) groups excluding carboxylic acids is 2. The van der Waals surface area contributed by atoms with Gasteiger partial charge in [0, 0.05) is 50.5 Å². The zero-order chi connectivity index (χ0) is 17.9. The van der Waals surface area contributed by atoms with Crippen molar-refractivity contribution in [3.05, 3.63) is 24.3 Å². The van der Waals surface area contributed by atoms with E-state index < -0.39 is 0 Å². The van der Waals surface area contributed by atoms with Crippen LogP contribution >= 0.6 is 0 Å². The van der Waals surface area contributed by atoms with E-state index in [1.54, 1.807) is 4.90 Å². The van der Waals surface area contributed by atoms with Crippen LogP contribution in [0.15, 0.2) is 24.3 Å². The number of carbonyl (C=O) groups is 2. The molecule has 3 saturated heterocycles. The molecule has 0 saturated carbocycles. The topological polar surface area (TPSA) is 53.1 Å². The zero-order valence-corrected chi connectivity index (χ0v) is 15.2. The highest BCUT2D eigenvalue weighted by atomic mass is 16.5. The molecule has 4 rings (SSSR count). The van der Waals surface area contributed by atoms with Crippen molar-refractivity contribution in [1.82, 2.24) is 4.90 Å². The van der Waals surface area contributed by atoms with Gasteiger partial charge in [-0.15, -0.1) is 0 Å². The molecule has 3 aliphatic heterocycles. The standard InChI is InChI=1S/C20H27N3O3/c24-19-14-16(20(25)22-10-12-26-13-11-22)15-23(19)18-6-4-17(5-7-18)21-8-2-1-3-9-21/h4-7,16H,1-3,8-15H2. The summed E-state index contributed by atoms with van der Waals surface area (Å²) in [5, 5.41) is 0. The molecule has 0 spiro atoms. The number of piperidine rings is 1. The summed E-state index contributed by atoms with van der Waals surface area (Å²) >= 11 is 0. The van der Waals surface area contributed by atoms with Gasteiger partial charge in [0.05, 0.1) is 19.1 Å². The second-order valence-corrected chi connectivity index (χ2v) is 7.41. The Balaban J connectivity index is 1.41. The fourth-order valence-corrected chi connectivity index (χ4v) is 4.16. The van der Waals surface area contributed by atoms with Crippen LogP contribution in [0.3, 0.4) is 0 Å². The molecule has 26 heavy (non-hydrogen) atoms. The summed E-state index contributed by atoms with van der Waals surface area (Å²) in [4.78, 5) is 31.2. The molecule has 0 aromatic heterocycles. The maximum atomic E-state index is 12.7. The largest absolute Gasteiger partial charge is 0.378 e. The van der Waals surface area contributed by atoms with Crippen LogP contribution in [-0.2, 0) is 14.3 Å². The van der Waals surface area contributed by atoms with Crippen LogP contribution in [0, 0.1) is 5.92 Å². The van der Waals surface area contributed by atoms with Gasteiger partial charge >= 0.3 is 0 Å². The van der Waals surface area contributed by atoms with Crippen molar-refractivity contribution in [3.8, 4) is 0 Å². The van der Waals surface area contributed by atoms with Crippen molar-refractivity contribution in [2.75, 3.05) is 55.7 Å². The van der Waals surface area contributed by atoms with Gasteiger partial charge in [-0.2, -0.15) is 0 Å². The lowest BCUT2D eigenvalue weighted by Crippen LogP contribution is -2.44. The van der Waals surface area contributed by atoms with Gasteiger partial charge in [-0.1, -0.05) is 0 Å². The molecule has 0 aliphatic carbocycles. The normalized spacial score (nSPS) is 24.2. The van der Waals surface area contributed by atoms with E-state index in [-0.39, 0.29) is 17.7 Å². The summed E-state index contributed by atoms with van der Waals surface area (Å²) in [7, 11) is 0. The summed E-state index contributed by atoms with van der Waals surface area (Å²) < 4.78 is 5.31. The first kappa shape index (κ1) is 17.3. The molecule has 1 aromatic carbocycles.